The molecule has 1 amide bonds. The molecule has 2 aromatic rings. The van der Waals surface area contributed by atoms with E-state index in [0.29, 0.717) is 29.1 Å². The van der Waals surface area contributed by atoms with Gasteiger partial charge in [-0.1, -0.05) is 48.0 Å². The van der Waals surface area contributed by atoms with Crippen molar-refractivity contribution in [2.24, 2.45) is 5.92 Å². The van der Waals surface area contributed by atoms with E-state index in [9.17, 15) is 18.0 Å². The first kappa shape index (κ1) is 24.2. The Morgan fingerprint density at radius 2 is 1.81 bits per heavy atom. The summed E-state index contributed by atoms with van der Waals surface area (Å²) in [5, 5.41) is 3.28. The van der Waals surface area contributed by atoms with Crippen LogP contribution in [0.2, 0.25) is 5.02 Å². The molecule has 1 atom stereocenters. The van der Waals surface area contributed by atoms with Crippen molar-refractivity contribution in [2.45, 2.75) is 32.8 Å². The number of carbonyl (C=O) groups is 2. The fraction of sp³-hybridized carbons (Fsp3) is 0.391. The van der Waals surface area contributed by atoms with Gasteiger partial charge in [0.1, 0.15) is 0 Å². The third-order valence-corrected chi connectivity index (χ3v) is 7.85. The van der Waals surface area contributed by atoms with Crippen LogP contribution < -0.4 is 5.32 Å². The largest absolute Gasteiger partial charge is 0.447 e. The fourth-order valence-electron chi connectivity index (χ4n) is 3.54. The summed E-state index contributed by atoms with van der Waals surface area (Å²) in [6, 6.07) is 13.9. The Morgan fingerprint density at radius 3 is 2.41 bits per heavy atom. The van der Waals surface area contributed by atoms with Gasteiger partial charge in [0.05, 0.1) is 11.7 Å². The van der Waals surface area contributed by atoms with E-state index in [0.717, 1.165) is 5.56 Å². The number of anilines is 1. The molecule has 0 aliphatic carbocycles. The van der Waals surface area contributed by atoms with E-state index in [-0.39, 0.29) is 18.8 Å². The molecule has 1 fully saturated rings. The molecule has 0 saturated carbocycles. The highest BCUT2D eigenvalue weighted by atomic mass is 35.5. The molecule has 32 heavy (non-hydrogen) atoms. The van der Waals surface area contributed by atoms with Gasteiger partial charge < -0.3 is 10.1 Å². The molecular formula is C23H27ClN2O5S. The van der Waals surface area contributed by atoms with Gasteiger partial charge in [0.2, 0.25) is 16.1 Å². The van der Waals surface area contributed by atoms with Crippen molar-refractivity contribution in [1.82, 2.24) is 4.31 Å². The SMILES string of the molecule is CCS(=O)(=O)N1CCC(C(=O)OC(C(=O)Nc2ccc(C)c(Cl)c2)c2ccccc2)CC1. The molecule has 1 heterocycles. The topological polar surface area (TPSA) is 92.8 Å². The van der Waals surface area contributed by atoms with Gasteiger partial charge in [-0.05, 0) is 44.4 Å². The van der Waals surface area contributed by atoms with Crippen molar-refractivity contribution in [1.29, 1.82) is 0 Å². The van der Waals surface area contributed by atoms with Crippen LogP contribution >= 0.6 is 11.6 Å². The van der Waals surface area contributed by atoms with Crippen LogP contribution in [0, 0.1) is 12.8 Å². The predicted octanol–water partition coefficient (Wildman–Crippen LogP) is 3.93. The van der Waals surface area contributed by atoms with Crippen LogP contribution in [-0.4, -0.2) is 43.4 Å². The monoisotopic (exact) mass is 478 g/mol. The first-order valence-corrected chi connectivity index (χ1v) is 12.5. The lowest BCUT2D eigenvalue weighted by molar-refractivity contribution is -0.160. The number of piperidine rings is 1. The number of nitrogens with one attached hydrogen (secondary N) is 1. The number of ether oxygens (including phenoxy) is 1. The van der Waals surface area contributed by atoms with Crippen LogP contribution in [0.25, 0.3) is 0 Å². The highest BCUT2D eigenvalue weighted by molar-refractivity contribution is 7.89. The summed E-state index contributed by atoms with van der Waals surface area (Å²) in [7, 11) is -3.28. The smallest absolute Gasteiger partial charge is 0.310 e. The molecule has 9 heteroatoms. The molecule has 3 rings (SSSR count). The summed E-state index contributed by atoms with van der Waals surface area (Å²) in [6.07, 6.45) is -0.426. The van der Waals surface area contributed by atoms with Gasteiger partial charge in [0.15, 0.2) is 0 Å². The van der Waals surface area contributed by atoms with Crippen LogP contribution in [0.15, 0.2) is 48.5 Å². The minimum atomic E-state index is -3.28. The Labute approximate surface area is 193 Å². The first-order chi connectivity index (χ1) is 15.2. The zero-order valence-electron chi connectivity index (χ0n) is 18.1. The van der Waals surface area contributed by atoms with E-state index in [4.69, 9.17) is 16.3 Å². The molecule has 172 valence electrons. The Bertz CT molecular complexity index is 1070. The second-order valence-electron chi connectivity index (χ2n) is 7.75. The summed E-state index contributed by atoms with van der Waals surface area (Å²) < 4.78 is 31.2. The number of esters is 1. The molecular weight excluding hydrogens is 452 g/mol. The number of nitrogens with zero attached hydrogens (tertiary/aromatic N) is 1. The van der Waals surface area contributed by atoms with Crippen molar-refractivity contribution in [3.05, 3.63) is 64.7 Å². The Kier molecular flexibility index (Phi) is 7.92. The van der Waals surface area contributed by atoms with Gasteiger partial charge in [0.25, 0.3) is 5.91 Å². The minimum absolute atomic E-state index is 0.0292. The van der Waals surface area contributed by atoms with Gasteiger partial charge in [-0.3, -0.25) is 9.59 Å². The van der Waals surface area contributed by atoms with E-state index < -0.39 is 33.9 Å². The van der Waals surface area contributed by atoms with Crippen molar-refractivity contribution in [3.63, 3.8) is 0 Å². The van der Waals surface area contributed by atoms with Crippen molar-refractivity contribution in [2.75, 3.05) is 24.2 Å². The molecule has 1 aliphatic rings. The Morgan fingerprint density at radius 1 is 1.16 bits per heavy atom. The maximum Gasteiger partial charge on any atom is 0.310 e. The van der Waals surface area contributed by atoms with E-state index in [1.807, 2.05) is 13.0 Å². The molecule has 1 aliphatic heterocycles. The van der Waals surface area contributed by atoms with Crippen LogP contribution in [0.3, 0.4) is 0 Å². The zero-order chi connectivity index (χ0) is 23.3. The van der Waals surface area contributed by atoms with E-state index in [2.05, 4.69) is 5.32 Å². The van der Waals surface area contributed by atoms with E-state index in [1.165, 1.54) is 4.31 Å². The van der Waals surface area contributed by atoms with E-state index in [1.54, 1.807) is 49.4 Å². The van der Waals surface area contributed by atoms with Crippen molar-refractivity contribution >= 4 is 39.2 Å². The average Bonchev–Trinajstić information content (AvgIpc) is 2.80. The summed E-state index contributed by atoms with van der Waals surface area (Å²) in [5.41, 5.74) is 1.93. The van der Waals surface area contributed by atoms with Crippen molar-refractivity contribution < 1.29 is 22.7 Å². The summed E-state index contributed by atoms with van der Waals surface area (Å²) >= 11 is 6.15. The molecule has 0 bridgehead atoms. The molecule has 1 N–H and O–H groups in total. The standard InChI is InChI=1S/C23H27ClN2O5S/c1-3-32(29,30)26-13-11-18(12-14-26)23(28)31-21(17-7-5-4-6-8-17)22(27)25-19-10-9-16(2)20(24)15-19/h4-10,15,18,21H,3,11-14H2,1-2H3,(H,25,27). The summed E-state index contributed by atoms with van der Waals surface area (Å²) in [4.78, 5) is 25.9. The zero-order valence-corrected chi connectivity index (χ0v) is 19.7. The molecule has 0 aromatic heterocycles. The maximum atomic E-state index is 13.0. The normalized spacial score (nSPS) is 16.3. The van der Waals surface area contributed by atoms with Crippen LogP contribution in [-0.2, 0) is 24.3 Å². The number of carbonyl (C=O) groups excluding carboxylic acids is 2. The predicted molar refractivity (Wildman–Crippen MR) is 124 cm³/mol. The number of halogens is 1. The maximum absolute atomic E-state index is 13.0. The second kappa shape index (κ2) is 10.5. The van der Waals surface area contributed by atoms with Gasteiger partial charge >= 0.3 is 5.97 Å². The molecule has 0 radical (unpaired) electrons. The number of rotatable bonds is 7. The molecule has 0 spiro atoms. The lowest BCUT2D eigenvalue weighted by Crippen LogP contribution is -2.41. The highest BCUT2D eigenvalue weighted by Gasteiger charge is 2.34. The second-order valence-corrected chi connectivity index (χ2v) is 10.4. The Balaban J connectivity index is 1.72. The number of amides is 1. The lowest BCUT2D eigenvalue weighted by Gasteiger charge is -2.30. The van der Waals surface area contributed by atoms with Crippen LogP contribution in [0.5, 0.6) is 0 Å². The molecule has 1 unspecified atom stereocenters. The molecule has 2 aromatic carbocycles. The third-order valence-electron chi connectivity index (χ3n) is 5.56. The van der Waals surface area contributed by atoms with Gasteiger partial charge in [-0.25, -0.2) is 12.7 Å². The minimum Gasteiger partial charge on any atom is -0.447 e. The number of aryl methyl sites for hydroxylation is 1. The average molecular weight is 479 g/mol. The van der Waals surface area contributed by atoms with Crippen LogP contribution in [0.4, 0.5) is 5.69 Å². The van der Waals surface area contributed by atoms with Gasteiger partial charge in [0, 0.05) is 29.4 Å². The fourth-order valence-corrected chi connectivity index (χ4v) is 4.86. The third kappa shape index (κ3) is 5.88. The first-order valence-electron chi connectivity index (χ1n) is 10.5. The summed E-state index contributed by atoms with van der Waals surface area (Å²) in [5.74, 6) is -1.44. The highest BCUT2D eigenvalue weighted by Crippen LogP contribution is 2.27. The van der Waals surface area contributed by atoms with Crippen molar-refractivity contribution in [3.8, 4) is 0 Å². The molecule has 1 saturated heterocycles. The number of hydrogen-bond acceptors (Lipinski definition) is 5. The van der Waals surface area contributed by atoms with Gasteiger partial charge in [-0.2, -0.15) is 0 Å². The number of sulfonamides is 1. The lowest BCUT2D eigenvalue weighted by atomic mass is 9.98. The van der Waals surface area contributed by atoms with Gasteiger partial charge in [-0.15, -0.1) is 0 Å². The number of hydrogen-bond donors (Lipinski definition) is 1. The quantitative estimate of drug-likeness (QED) is 0.608. The van der Waals surface area contributed by atoms with E-state index >= 15 is 0 Å². The molecule has 7 nitrogen and oxygen atoms in total. The summed E-state index contributed by atoms with van der Waals surface area (Å²) in [6.45, 7) is 3.99. The Hall–Kier alpha value is -2.42. The van der Waals surface area contributed by atoms with Crippen LogP contribution in [0.1, 0.15) is 37.0 Å². The number of benzene rings is 2.